The molecule has 0 amide bonds. The van der Waals surface area contributed by atoms with Gasteiger partial charge in [0, 0.05) is 50.5 Å². The van der Waals surface area contributed by atoms with Crippen molar-refractivity contribution < 1.29 is 0 Å². The van der Waals surface area contributed by atoms with Crippen LogP contribution in [0.1, 0.15) is 37.8 Å². The lowest BCUT2D eigenvalue weighted by Gasteiger charge is -2.26. The van der Waals surface area contributed by atoms with E-state index in [1.54, 1.807) is 0 Å². The summed E-state index contributed by atoms with van der Waals surface area (Å²) in [7, 11) is 0. The van der Waals surface area contributed by atoms with Crippen LogP contribution < -0.4 is 10.6 Å². The highest BCUT2D eigenvalue weighted by Crippen LogP contribution is 2.24. The summed E-state index contributed by atoms with van der Waals surface area (Å²) in [6, 6.07) is 11.1. The lowest BCUT2D eigenvalue weighted by molar-refractivity contribution is 0.231. The molecule has 1 aliphatic carbocycles. The maximum absolute atomic E-state index is 4.91. The van der Waals surface area contributed by atoms with E-state index in [9.17, 15) is 0 Å². The van der Waals surface area contributed by atoms with Crippen molar-refractivity contribution >= 4 is 5.82 Å². The molecule has 1 saturated heterocycles. The number of pyridine rings is 2. The normalized spacial score (nSPS) is 19.4. The van der Waals surface area contributed by atoms with Crippen LogP contribution in [0.25, 0.3) is 11.3 Å². The molecule has 26 heavy (non-hydrogen) atoms. The summed E-state index contributed by atoms with van der Waals surface area (Å²) in [6.07, 6.45) is 8.43. The van der Waals surface area contributed by atoms with Crippen LogP contribution in [-0.4, -0.2) is 47.1 Å². The Kier molecular flexibility index (Phi) is 5.77. The van der Waals surface area contributed by atoms with Crippen LogP contribution in [0.4, 0.5) is 5.82 Å². The lowest BCUT2D eigenvalue weighted by Crippen LogP contribution is -2.43. The summed E-state index contributed by atoms with van der Waals surface area (Å²) in [5.74, 6) is 0.976. The van der Waals surface area contributed by atoms with Gasteiger partial charge in [-0.25, -0.2) is 4.98 Å². The van der Waals surface area contributed by atoms with Gasteiger partial charge in [0.15, 0.2) is 0 Å². The fraction of sp³-hybridized carbons (Fsp3) is 0.524. The van der Waals surface area contributed by atoms with Gasteiger partial charge in [-0.05, 0) is 37.1 Å². The highest BCUT2D eigenvalue weighted by Gasteiger charge is 2.14. The maximum Gasteiger partial charge on any atom is 0.126 e. The summed E-state index contributed by atoms with van der Waals surface area (Å²) in [5.41, 5.74) is 3.32. The first-order valence-corrected chi connectivity index (χ1v) is 9.99. The Bertz CT molecular complexity index is 644. The minimum atomic E-state index is 0.568. The fourth-order valence-electron chi connectivity index (χ4n) is 3.95. The number of aromatic nitrogens is 2. The molecule has 1 saturated carbocycles. The molecule has 0 unspecified atom stereocenters. The molecule has 0 bridgehead atoms. The first-order valence-electron chi connectivity index (χ1n) is 9.99. The number of nitrogens with one attached hydrogen (secondary N) is 2. The van der Waals surface area contributed by atoms with E-state index >= 15 is 0 Å². The third-order valence-electron chi connectivity index (χ3n) is 5.41. The van der Waals surface area contributed by atoms with Gasteiger partial charge in [-0.3, -0.25) is 9.88 Å². The van der Waals surface area contributed by atoms with Gasteiger partial charge in [0.1, 0.15) is 5.82 Å². The van der Waals surface area contributed by atoms with Crippen LogP contribution in [0, 0.1) is 0 Å². The monoisotopic (exact) mass is 351 g/mol. The Labute approximate surface area is 156 Å². The van der Waals surface area contributed by atoms with Gasteiger partial charge in [0.25, 0.3) is 0 Å². The Morgan fingerprint density at radius 1 is 1.08 bits per heavy atom. The largest absolute Gasteiger partial charge is 0.367 e. The topological polar surface area (TPSA) is 53.1 Å². The van der Waals surface area contributed by atoms with Gasteiger partial charge >= 0.3 is 0 Å². The van der Waals surface area contributed by atoms with Crippen molar-refractivity contribution in [2.24, 2.45) is 0 Å². The van der Waals surface area contributed by atoms with Gasteiger partial charge in [-0.15, -0.1) is 0 Å². The van der Waals surface area contributed by atoms with Crippen molar-refractivity contribution in [2.45, 2.75) is 44.7 Å². The van der Waals surface area contributed by atoms with E-state index in [1.807, 2.05) is 6.20 Å². The van der Waals surface area contributed by atoms with Crippen LogP contribution in [0.3, 0.4) is 0 Å². The molecule has 0 atom stereocenters. The van der Waals surface area contributed by atoms with E-state index in [-0.39, 0.29) is 0 Å². The molecule has 138 valence electrons. The molecule has 5 nitrogen and oxygen atoms in total. The fourth-order valence-corrected chi connectivity index (χ4v) is 3.95. The SMILES string of the molecule is c1cc(CN2CCNCC2)nc(-c2ccnc(NC3CCCCC3)c2)c1. The quantitative estimate of drug-likeness (QED) is 0.866. The van der Waals surface area contributed by atoms with E-state index < -0.39 is 0 Å². The molecular formula is C21H29N5. The Morgan fingerprint density at radius 3 is 2.77 bits per heavy atom. The molecule has 3 heterocycles. The predicted octanol–water partition coefficient (Wildman–Crippen LogP) is 3.29. The van der Waals surface area contributed by atoms with Crippen LogP contribution >= 0.6 is 0 Å². The van der Waals surface area contributed by atoms with Crippen LogP contribution in [0.15, 0.2) is 36.5 Å². The van der Waals surface area contributed by atoms with Crippen molar-refractivity contribution in [3.05, 3.63) is 42.2 Å². The molecule has 2 N–H and O–H groups in total. The van der Waals surface area contributed by atoms with Crippen molar-refractivity contribution in [3.63, 3.8) is 0 Å². The molecule has 2 aliphatic rings. The first kappa shape index (κ1) is 17.4. The zero-order valence-electron chi connectivity index (χ0n) is 15.5. The molecule has 2 aromatic heterocycles. The Hall–Kier alpha value is -1.98. The number of rotatable bonds is 5. The third-order valence-corrected chi connectivity index (χ3v) is 5.41. The summed E-state index contributed by atoms with van der Waals surface area (Å²) in [5, 5.41) is 7.02. The second-order valence-corrected chi connectivity index (χ2v) is 7.45. The number of anilines is 1. The highest BCUT2D eigenvalue weighted by atomic mass is 15.2. The lowest BCUT2D eigenvalue weighted by atomic mass is 9.95. The van der Waals surface area contributed by atoms with Gasteiger partial charge in [0.05, 0.1) is 11.4 Å². The number of piperazine rings is 1. The minimum Gasteiger partial charge on any atom is -0.367 e. The summed E-state index contributed by atoms with van der Waals surface area (Å²) in [6.45, 7) is 5.25. The van der Waals surface area contributed by atoms with Crippen molar-refractivity contribution in [1.82, 2.24) is 20.2 Å². The van der Waals surface area contributed by atoms with E-state index in [0.29, 0.717) is 6.04 Å². The van der Waals surface area contributed by atoms with E-state index in [0.717, 1.165) is 55.5 Å². The first-order chi connectivity index (χ1) is 12.9. The minimum absolute atomic E-state index is 0.568. The van der Waals surface area contributed by atoms with Crippen LogP contribution in [0.5, 0.6) is 0 Å². The molecule has 0 spiro atoms. The smallest absolute Gasteiger partial charge is 0.126 e. The maximum atomic E-state index is 4.91. The molecule has 1 aliphatic heterocycles. The Morgan fingerprint density at radius 2 is 1.92 bits per heavy atom. The summed E-state index contributed by atoms with van der Waals surface area (Å²) < 4.78 is 0. The molecule has 2 aromatic rings. The average molecular weight is 351 g/mol. The number of hydrogen-bond acceptors (Lipinski definition) is 5. The van der Waals surface area contributed by atoms with Crippen molar-refractivity contribution in [2.75, 3.05) is 31.5 Å². The summed E-state index contributed by atoms with van der Waals surface area (Å²) >= 11 is 0. The molecular weight excluding hydrogens is 322 g/mol. The van der Waals surface area contributed by atoms with Gasteiger partial charge in [-0.1, -0.05) is 25.3 Å². The molecule has 5 heteroatoms. The summed E-state index contributed by atoms with van der Waals surface area (Å²) in [4.78, 5) is 11.9. The van der Waals surface area contributed by atoms with Crippen LogP contribution in [-0.2, 0) is 6.54 Å². The zero-order chi connectivity index (χ0) is 17.6. The van der Waals surface area contributed by atoms with E-state index in [1.165, 1.54) is 32.1 Å². The molecule has 4 rings (SSSR count). The van der Waals surface area contributed by atoms with Crippen molar-refractivity contribution in [1.29, 1.82) is 0 Å². The van der Waals surface area contributed by atoms with E-state index in [2.05, 4.69) is 50.8 Å². The van der Waals surface area contributed by atoms with E-state index in [4.69, 9.17) is 4.98 Å². The van der Waals surface area contributed by atoms with Gasteiger partial charge in [-0.2, -0.15) is 0 Å². The number of nitrogens with zero attached hydrogens (tertiary/aromatic N) is 3. The highest BCUT2D eigenvalue weighted by molar-refractivity contribution is 5.62. The van der Waals surface area contributed by atoms with Gasteiger partial charge in [0.2, 0.25) is 0 Å². The predicted molar refractivity (Wildman–Crippen MR) is 106 cm³/mol. The molecule has 0 radical (unpaired) electrons. The Balaban J connectivity index is 1.46. The van der Waals surface area contributed by atoms with Crippen LogP contribution in [0.2, 0.25) is 0 Å². The van der Waals surface area contributed by atoms with Crippen molar-refractivity contribution in [3.8, 4) is 11.3 Å². The molecule has 2 fully saturated rings. The average Bonchev–Trinajstić information content (AvgIpc) is 2.70. The van der Waals surface area contributed by atoms with Gasteiger partial charge < -0.3 is 10.6 Å². The number of hydrogen-bond donors (Lipinski definition) is 2. The third kappa shape index (κ3) is 4.59. The standard InChI is InChI=1S/C21H29N5/c1-2-5-18(6-3-1)25-21-15-17(9-10-23-21)20-8-4-7-19(24-20)16-26-13-11-22-12-14-26/h4,7-10,15,18,22H,1-3,5-6,11-14,16H2,(H,23,25). The second-order valence-electron chi connectivity index (χ2n) is 7.45. The zero-order valence-corrected chi connectivity index (χ0v) is 15.5. The molecule has 0 aromatic carbocycles. The second kappa shape index (κ2) is 8.60.